The maximum atomic E-state index is 13.5. The molecule has 3 atom stereocenters. The third-order valence-electron chi connectivity index (χ3n) is 6.62. The van der Waals surface area contributed by atoms with Crippen molar-refractivity contribution in [2.24, 2.45) is 23.2 Å². The standard InChI is InChI=1S/C24H45N3O4/c1-6-7-8-9-10-11-16-18(19(22(29)27-31)17-14-12-13-15-17)21(28)26-20(23(30)25-5)24(2,3)4/h17-20,31H,6-16H2,1-5H3,(H,25,30)(H,26,28)(H,27,29). The summed E-state index contributed by atoms with van der Waals surface area (Å²) in [4.78, 5) is 38.6. The van der Waals surface area contributed by atoms with Gasteiger partial charge in [-0.15, -0.1) is 0 Å². The fourth-order valence-electron chi connectivity index (χ4n) is 4.80. The van der Waals surface area contributed by atoms with Crippen LogP contribution in [0.5, 0.6) is 0 Å². The van der Waals surface area contributed by atoms with Crippen LogP contribution >= 0.6 is 0 Å². The first-order valence-electron chi connectivity index (χ1n) is 12.1. The number of unbranched alkanes of at least 4 members (excludes halogenated alkanes) is 5. The molecule has 3 unspecified atom stereocenters. The van der Waals surface area contributed by atoms with Crippen molar-refractivity contribution >= 4 is 17.7 Å². The fourth-order valence-corrected chi connectivity index (χ4v) is 4.80. The summed E-state index contributed by atoms with van der Waals surface area (Å²) < 4.78 is 0. The number of hydroxylamine groups is 1. The van der Waals surface area contributed by atoms with Crippen molar-refractivity contribution in [1.82, 2.24) is 16.1 Å². The molecule has 1 aliphatic carbocycles. The van der Waals surface area contributed by atoms with Gasteiger partial charge in [0, 0.05) is 13.0 Å². The molecule has 0 aromatic carbocycles. The first-order valence-corrected chi connectivity index (χ1v) is 12.1. The van der Waals surface area contributed by atoms with Crippen molar-refractivity contribution < 1.29 is 19.6 Å². The molecule has 1 rings (SSSR count). The molecule has 4 N–H and O–H groups in total. The third-order valence-corrected chi connectivity index (χ3v) is 6.62. The Labute approximate surface area is 188 Å². The number of hydrogen-bond acceptors (Lipinski definition) is 4. The summed E-state index contributed by atoms with van der Waals surface area (Å²) in [6, 6.07) is -0.696. The highest BCUT2D eigenvalue weighted by molar-refractivity contribution is 5.91. The molecule has 1 saturated carbocycles. The molecule has 1 aliphatic rings. The number of rotatable bonds is 13. The maximum absolute atomic E-state index is 13.5. The lowest BCUT2D eigenvalue weighted by Crippen LogP contribution is -2.55. The molecule has 0 bridgehead atoms. The van der Waals surface area contributed by atoms with Crippen molar-refractivity contribution in [3.63, 3.8) is 0 Å². The SMILES string of the molecule is CCCCCCCCC(C(=O)NC(C(=O)NC)C(C)(C)C)C(C(=O)NO)C1CCCC1. The van der Waals surface area contributed by atoms with Gasteiger partial charge in [-0.2, -0.15) is 0 Å². The molecule has 0 heterocycles. The molecular weight excluding hydrogens is 394 g/mol. The second-order valence-electron chi connectivity index (χ2n) is 10.1. The Kier molecular flexibility index (Phi) is 12.1. The lowest BCUT2D eigenvalue weighted by Gasteiger charge is -2.34. The topological polar surface area (TPSA) is 108 Å². The van der Waals surface area contributed by atoms with E-state index >= 15 is 0 Å². The van der Waals surface area contributed by atoms with Crippen LogP contribution in [0, 0.1) is 23.2 Å². The van der Waals surface area contributed by atoms with Crippen molar-refractivity contribution in [3.8, 4) is 0 Å². The largest absolute Gasteiger partial charge is 0.357 e. The quantitative estimate of drug-likeness (QED) is 0.198. The molecule has 31 heavy (non-hydrogen) atoms. The Morgan fingerprint density at radius 1 is 0.935 bits per heavy atom. The number of amides is 3. The van der Waals surface area contributed by atoms with E-state index < -0.39 is 29.2 Å². The predicted molar refractivity (Wildman–Crippen MR) is 122 cm³/mol. The number of carbonyl (C=O) groups is 3. The van der Waals surface area contributed by atoms with Crippen LogP contribution in [0.3, 0.4) is 0 Å². The van der Waals surface area contributed by atoms with Gasteiger partial charge in [0.05, 0.1) is 5.92 Å². The van der Waals surface area contributed by atoms with E-state index in [-0.39, 0.29) is 17.7 Å². The highest BCUT2D eigenvalue weighted by Gasteiger charge is 2.42. The second kappa shape index (κ2) is 13.7. The zero-order valence-electron chi connectivity index (χ0n) is 20.3. The fraction of sp³-hybridized carbons (Fsp3) is 0.875. The van der Waals surface area contributed by atoms with E-state index in [4.69, 9.17) is 0 Å². The van der Waals surface area contributed by atoms with Gasteiger partial charge >= 0.3 is 0 Å². The zero-order valence-corrected chi connectivity index (χ0v) is 20.3. The minimum absolute atomic E-state index is 0.0797. The van der Waals surface area contributed by atoms with E-state index in [0.29, 0.717) is 6.42 Å². The van der Waals surface area contributed by atoms with Gasteiger partial charge in [-0.25, -0.2) is 5.48 Å². The van der Waals surface area contributed by atoms with Crippen LogP contribution in [0.1, 0.15) is 98.3 Å². The van der Waals surface area contributed by atoms with Crippen LogP contribution in [0.2, 0.25) is 0 Å². The van der Waals surface area contributed by atoms with E-state index in [1.807, 2.05) is 26.3 Å². The smallest absolute Gasteiger partial charge is 0.247 e. The Morgan fingerprint density at radius 2 is 1.52 bits per heavy atom. The van der Waals surface area contributed by atoms with Crippen LogP contribution in [0.15, 0.2) is 0 Å². The Hall–Kier alpha value is -1.63. The van der Waals surface area contributed by atoms with E-state index in [1.165, 1.54) is 19.3 Å². The van der Waals surface area contributed by atoms with Gasteiger partial charge in [0.25, 0.3) is 0 Å². The Morgan fingerprint density at radius 3 is 2.03 bits per heavy atom. The van der Waals surface area contributed by atoms with Crippen LogP contribution < -0.4 is 16.1 Å². The van der Waals surface area contributed by atoms with Crippen molar-refractivity contribution in [2.45, 2.75) is 104 Å². The van der Waals surface area contributed by atoms with E-state index in [2.05, 4.69) is 17.6 Å². The average Bonchev–Trinajstić information content (AvgIpc) is 3.25. The Balaban J connectivity index is 3.03. The molecule has 0 radical (unpaired) electrons. The van der Waals surface area contributed by atoms with E-state index in [9.17, 15) is 19.6 Å². The van der Waals surface area contributed by atoms with Gasteiger partial charge in [0.1, 0.15) is 6.04 Å². The summed E-state index contributed by atoms with van der Waals surface area (Å²) in [7, 11) is 1.56. The highest BCUT2D eigenvalue weighted by Crippen LogP contribution is 2.38. The number of carbonyl (C=O) groups excluding carboxylic acids is 3. The van der Waals surface area contributed by atoms with Gasteiger partial charge in [-0.3, -0.25) is 19.6 Å². The van der Waals surface area contributed by atoms with Crippen molar-refractivity contribution in [2.75, 3.05) is 7.05 Å². The summed E-state index contributed by atoms with van der Waals surface area (Å²) in [5.41, 5.74) is 1.35. The van der Waals surface area contributed by atoms with Crippen LogP contribution in [-0.4, -0.2) is 36.0 Å². The molecule has 7 nitrogen and oxygen atoms in total. The minimum Gasteiger partial charge on any atom is -0.357 e. The first kappa shape index (κ1) is 27.4. The summed E-state index contributed by atoms with van der Waals surface area (Å²) in [5.74, 6) is -2.05. The van der Waals surface area contributed by atoms with Crippen LogP contribution in [0.4, 0.5) is 0 Å². The molecule has 180 valence electrons. The number of nitrogens with one attached hydrogen (secondary N) is 3. The zero-order chi connectivity index (χ0) is 23.4. The molecule has 7 heteroatoms. The molecule has 0 spiro atoms. The normalized spacial score (nSPS) is 17.6. The molecule has 0 saturated heterocycles. The lowest BCUT2D eigenvalue weighted by molar-refractivity contribution is -0.144. The molecular formula is C24H45N3O4. The summed E-state index contributed by atoms with van der Waals surface area (Å²) >= 11 is 0. The number of hydrogen-bond donors (Lipinski definition) is 4. The summed E-state index contributed by atoms with van der Waals surface area (Å²) in [5, 5.41) is 15.0. The minimum atomic E-state index is -0.696. The lowest BCUT2D eigenvalue weighted by atomic mass is 9.76. The average molecular weight is 440 g/mol. The number of likely N-dealkylation sites (N-methyl/N-ethyl adjacent to an activating group) is 1. The van der Waals surface area contributed by atoms with Gasteiger partial charge in [0.2, 0.25) is 17.7 Å². The van der Waals surface area contributed by atoms with Gasteiger partial charge in [-0.05, 0) is 30.6 Å². The predicted octanol–water partition coefficient (Wildman–Crippen LogP) is 3.94. The molecule has 0 aliphatic heterocycles. The molecule has 1 fully saturated rings. The molecule has 3 amide bonds. The van der Waals surface area contributed by atoms with Gasteiger partial charge in [-0.1, -0.05) is 79.1 Å². The van der Waals surface area contributed by atoms with Crippen LogP contribution in [0.25, 0.3) is 0 Å². The van der Waals surface area contributed by atoms with Crippen molar-refractivity contribution in [3.05, 3.63) is 0 Å². The summed E-state index contributed by atoms with van der Waals surface area (Å²) in [6.07, 6.45) is 11.0. The Bertz CT molecular complexity index is 568. The highest BCUT2D eigenvalue weighted by atomic mass is 16.5. The van der Waals surface area contributed by atoms with E-state index in [1.54, 1.807) is 7.05 Å². The molecule has 0 aromatic heterocycles. The third kappa shape index (κ3) is 8.79. The van der Waals surface area contributed by atoms with Crippen LogP contribution in [-0.2, 0) is 14.4 Å². The van der Waals surface area contributed by atoms with Gasteiger partial charge < -0.3 is 10.6 Å². The maximum Gasteiger partial charge on any atom is 0.247 e. The van der Waals surface area contributed by atoms with Crippen molar-refractivity contribution in [1.29, 1.82) is 0 Å². The van der Waals surface area contributed by atoms with Gasteiger partial charge in [0.15, 0.2) is 0 Å². The van der Waals surface area contributed by atoms with E-state index in [0.717, 1.165) is 44.9 Å². The summed E-state index contributed by atoms with van der Waals surface area (Å²) in [6.45, 7) is 7.90. The first-order chi connectivity index (χ1) is 14.7. The monoisotopic (exact) mass is 439 g/mol. The molecule has 0 aromatic rings. The second-order valence-corrected chi connectivity index (χ2v) is 10.1.